The van der Waals surface area contributed by atoms with Gasteiger partial charge in [-0.25, -0.2) is 0 Å². The standard InChI is InChI=1S/C19H17NO4/c1-11-16-9-6-14(20-12(2)21)10-17(16)24-19(11)18(22)13-4-7-15(23-3)8-5-13/h4-10H,1-3H3,(H,20,21). The molecule has 1 N–H and O–H groups in total. The van der Waals surface area contributed by atoms with Crippen molar-refractivity contribution in [1.29, 1.82) is 0 Å². The topological polar surface area (TPSA) is 68.5 Å². The predicted molar refractivity (Wildman–Crippen MR) is 91.7 cm³/mol. The molecule has 1 amide bonds. The molecule has 122 valence electrons. The second-order valence-electron chi connectivity index (χ2n) is 5.51. The Kier molecular flexibility index (Phi) is 4.08. The molecule has 3 aromatic rings. The number of hydrogen-bond donors (Lipinski definition) is 1. The molecule has 0 fully saturated rings. The van der Waals surface area contributed by atoms with Gasteiger partial charge in [-0.1, -0.05) is 0 Å². The van der Waals surface area contributed by atoms with Gasteiger partial charge >= 0.3 is 0 Å². The third-order valence-corrected chi connectivity index (χ3v) is 3.82. The van der Waals surface area contributed by atoms with Crippen LogP contribution < -0.4 is 10.1 Å². The minimum absolute atomic E-state index is 0.160. The highest BCUT2D eigenvalue weighted by Gasteiger charge is 2.19. The predicted octanol–water partition coefficient (Wildman–Crippen LogP) is 3.94. The molecule has 0 radical (unpaired) electrons. The van der Waals surface area contributed by atoms with Crippen LogP contribution in [0.25, 0.3) is 11.0 Å². The molecule has 0 aliphatic heterocycles. The van der Waals surface area contributed by atoms with Gasteiger partial charge in [0.1, 0.15) is 11.3 Å². The fourth-order valence-electron chi connectivity index (χ4n) is 2.60. The molecule has 2 aromatic carbocycles. The number of carbonyl (C=O) groups is 2. The van der Waals surface area contributed by atoms with Crippen LogP contribution in [0.3, 0.4) is 0 Å². The Morgan fingerprint density at radius 1 is 1.08 bits per heavy atom. The zero-order valence-corrected chi connectivity index (χ0v) is 13.7. The van der Waals surface area contributed by atoms with E-state index in [0.717, 1.165) is 10.9 Å². The van der Waals surface area contributed by atoms with Crippen LogP contribution in [-0.4, -0.2) is 18.8 Å². The Labute approximate surface area is 139 Å². The number of anilines is 1. The van der Waals surface area contributed by atoms with Crippen molar-refractivity contribution in [2.24, 2.45) is 0 Å². The normalized spacial score (nSPS) is 10.6. The van der Waals surface area contributed by atoms with Crippen LogP contribution >= 0.6 is 0 Å². The highest BCUT2D eigenvalue weighted by molar-refractivity contribution is 6.10. The molecule has 1 heterocycles. The quantitative estimate of drug-likeness (QED) is 0.738. The second kappa shape index (κ2) is 6.20. The Balaban J connectivity index is 2.00. The first-order valence-corrected chi connectivity index (χ1v) is 7.49. The molecule has 0 saturated carbocycles. The maximum Gasteiger partial charge on any atom is 0.228 e. The average molecular weight is 323 g/mol. The molecule has 0 unspecified atom stereocenters. The maximum atomic E-state index is 12.7. The molecule has 0 spiro atoms. The fraction of sp³-hybridized carbons (Fsp3) is 0.158. The van der Waals surface area contributed by atoms with Gasteiger partial charge in [0.25, 0.3) is 0 Å². The van der Waals surface area contributed by atoms with Gasteiger partial charge in [-0.2, -0.15) is 0 Å². The first-order chi connectivity index (χ1) is 11.5. The van der Waals surface area contributed by atoms with Crippen molar-refractivity contribution in [2.45, 2.75) is 13.8 Å². The van der Waals surface area contributed by atoms with Gasteiger partial charge in [-0.3, -0.25) is 9.59 Å². The Morgan fingerprint density at radius 3 is 2.42 bits per heavy atom. The maximum absolute atomic E-state index is 12.7. The second-order valence-corrected chi connectivity index (χ2v) is 5.51. The molecular weight excluding hydrogens is 306 g/mol. The zero-order chi connectivity index (χ0) is 17.3. The van der Waals surface area contributed by atoms with E-state index in [1.54, 1.807) is 43.5 Å². The molecule has 5 nitrogen and oxygen atoms in total. The van der Waals surface area contributed by atoms with Crippen molar-refractivity contribution in [1.82, 2.24) is 0 Å². The number of nitrogens with one attached hydrogen (secondary N) is 1. The lowest BCUT2D eigenvalue weighted by Crippen LogP contribution is -2.05. The Morgan fingerprint density at radius 2 is 1.79 bits per heavy atom. The number of ketones is 1. The number of methoxy groups -OCH3 is 1. The van der Waals surface area contributed by atoms with E-state index in [1.807, 2.05) is 13.0 Å². The van der Waals surface area contributed by atoms with E-state index < -0.39 is 0 Å². The van der Waals surface area contributed by atoms with Crippen molar-refractivity contribution in [3.05, 3.63) is 59.4 Å². The Hall–Kier alpha value is -3.08. The largest absolute Gasteiger partial charge is 0.497 e. The van der Waals surface area contributed by atoms with Crippen molar-refractivity contribution >= 4 is 28.3 Å². The average Bonchev–Trinajstić information content (AvgIpc) is 2.90. The van der Waals surface area contributed by atoms with Crippen molar-refractivity contribution < 1.29 is 18.7 Å². The van der Waals surface area contributed by atoms with Gasteiger partial charge in [0, 0.05) is 35.2 Å². The summed E-state index contributed by atoms with van der Waals surface area (Å²) in [7, 11) is 1.58. The van der Waals surface area contributed by atoms with Crippen molar-refractivity contribution in [3.63, 3.8) is 0 Å². The third kappa shape index (κ3) is 2.88. The van der Waals surface area contributed by atoms with E-state index in [1.165, 1.54) is 6.92 Å². The highest BCUT2D eigenvalue weighted by atomic mass is 16.5. The van der Waals surface area contributed by atoms with E-state index >= 15 is 0 Å². The number of benzene rings is 2. The fourth-order valence-corrected chi connectivity index (χ4v) is 2.60. The van der Waals surface area contributed by atoms with Crippen LogP contribution in [0.2, 0.25) is 0 Å². The molecule has 5 heteroatoms. The van der Waals surface area contributed by atoms with Gasteiger partial charge in [0.15, 0.2) is 5.76 Å². The van der Waals surface area contributed by atoms with Gasteiger partial charge in [-0.15, -0.1) is 0 Å². The summed E-state index contributed by atoms with van der Waals surface area (Å²) in [5.74, 6) is 0.641. The summed E-state index contributed by atoms with van der Waals surface area (Å²) in [5.41, 5.74) is 2.50. The molecule has 0 bridgehead atoms. The zero-order valence-electron chi connectivity index (χ0n) is 13.7. The van der Waals surface area contributed by atoms with Crippen LogP contribution in [0.1, 0.15) is 28.6 Å². The lowest BCUT2D eigenvalue weighted by molar-refractivity contribution is -0.114. The first-order valence-electron chi connectivity index (χ1n) is 7.49. The van der Waals surface area contributed by atoms with E-state index in [-0.39, 0.29) is 11.7 Å². The van der Waals surface area contributed by atoms with Crippen LogP contribution in [-0.2, 0) is 4.79 Å². The molecule has 0 aliphatic carbocycles. The molecule has 3 rings (SSSR count). The van der Waals surface area contributed by atoms with E-state index in [4.69, 9.17) is 9.15 Å². The SMILES string of the molecule is COc1ccc(C(=O)c2oc3cc(NC(C)=O)ccc3c2C)cc1. The number of hydrogen-bond acceptors (Lipinski definition) is 4. The number of ether oxygens (including phenoxy) is 1. The van der Waals surface area contributed by atoms with Gasteiger partial charge in [0.05, 0.1) is 7.11 Å². The monoisotopic (exact) mass is 323 g/mol. The number of rotatable bonds is 4. The molecule has 0 aliphatic rings. The summed E-state index contributed by atoms with van der Waals surface area (Å²) in [6.07, 6.45) is 0. The molecule has 24 heavy (non-hydrogen) atoms. The van der Waals surface area contributed by atoms with Gasteiger partial charge in [0.2, 0.25) is 11.7 Å². The Bertz CT molecular complexity index is 922. The summed E-state index contributed by atoms with van der Waals surface area (Å²) in [5, 5.41) is 3.55. The minimum atomic E-state index is -0.188. The molecule has 1 aromatic heterocycles. The third-order valence-electron chi connectivity index (χ3n) is 3.82. The van der Waals surface area contributed by atoms with E-state index in [2.05, 4.69) is 5.32 Å². The van der Waals surface area contributed by atoms with Crippen LogP contribution in [0.5, 0.6) is 5.75 Å². The smallest absolute Gasteiger partial charge is 0.228 e. The summed E-state index contributed by atoms with van der Waals surface area (Å²) < 4.78 is 10.9. The molecule has 0 saturated heterocycles. The minimum Gasteiger partial charge on any atom is -0.497 e. The number of aryl methyl sites for hydroxylation is 1. The van der Waals surface area contributed by atoms with Gasteiger partial charge < -0.3 is 14.5 Å². The lowest BCUT2D eigenvalue weighted by atomic mass is 10.0. The van der Waals surface area contributed by atoms with Crippen molar-refractivity contribution in [2.75, 3.05) is 12.4 Å². The first kappa shape index (κ1) is 15.8. The van der Waals surface area contributed by atoms with Crippen molar-refractivity contribution in [3.8, 4) is 5.75 Å². The number of carbonyl (C=O) groups excluding carboxylic acids is 2. The highest BCUT2D eigenvalue weighted by Crippen LogP contribution is 2.29. The lowest BCUT2D eigenvalue weighted by Gasteiger charge is -2.01. The number of furan rings is 1. The summed E-state index contributed by atoms with van der Waals surface area (Å²) in [6.45, 7) is 3.29. The summed E-state index contributed by atoms with van der Waals surface area (Å²) in [6, 6.07) is 12.2. The van der Waals surface area contributed by atoms with Gasteiger partial charge in [-0.05, 0) is 43.3 Å². The van der Waals surface area contributed by atoms with E-state index in [0.29, 0.717) is 28.3 Å². The van der Waals surface area contributed by atoms with Crippen LogP contribution in [0, 0.1) is 6.92 Å². The van der Waals surface area contributed by atoms with Crippen LogP contribution in [0.15, 0.2) is 46.9 Å². The summed E-state index contributed by atoms with van der Waals surface area (Å²) >= 11 is 0. The van der Waals surface area contributed by atoms with E-state index in [9.17, 15) is 9.59 Å². The molecule has 0 atom stereocenters. The number of amides is 1. The summed E-state index contributed by atoms with van der Waals surface area (Å²) in [4.78, 5) is 23.9. The molecular formula is C19H17NO4. The van der Waals surface area contributed by atoms with Crippen LogP contribution in [0.4, 0.5) is 5.69 Å². The number of fused-ring (bicyclic) bond motifs is 1.